The van der Waals surface area contributed by atoms with Crippen molar-refractivity contribution >= 4 is 29.9 Å². The molecule has 5 nitrogen and oxygen atoms in total. The van der Waals surface area contributed by atoms with Crippen LogP contribution in [0.25, 0.3) is 0 Å². The van der Waals surface area contributed by atoms with Crippen LogP contribution in [0.4, 0.5) is 0 Å². The van der Waals surface area contributed by atoms with Crippen molar-refractivity contribution in [1.29, 1.82) is 0 Å². The topological polar surface area (TPSA) is 58.5 Å². The Kier molecular flexibility index (Phi) is 10.8. The van der Waals surface area contributed by atoms with E-state index in [4.69, 9.17) is 4.74 Å². The molecule has 0 amide bonds. The number of halogens is 1. The zero-order valence-corrected chi connectivity index (χ0v) is 19.0. The lowest BCUT2D eigenvalue weighted by Crippen LogP contribution is -2.38. The van der Waals surface area contributed by atoms with Crippen LogP contribution in [0.1, 0.15) is 37.1 Å². The van der Waals surface area contributed by atoms with Crippen molar-refractivity contribution in [2.75, 3.05) is 13.6 Å². The first kappa shape index (κ1) is 23.2. The Morgan fingerprint density at radius 1 is 1.22 bits per heavy atom. The summed E-state index contributed by atoms with van der Waals surface area (Å²) in [5, 5.41) is 6.69. The molecule has 6 heteroatoms. The lowest BCUT2D eigenvalue weighted by Gasteiger charge is -2.18. The van der Waals surface area contributed by atoms with Gasteiger partial charge in [-0.15, -0.1) is 24.0 Å². The van der Waals surface area contributed by atoms with E-state index in [9.17, 15) is 0 Å². The van der Waals surface area contributed by atoms with Crippen LogP contribution >= 0.6 is 24.0 Å². The van der Waals surface area contributed by atoms with Crippen LogP contribution in [0.3, 0.4) is 0 Å². The van der Waals surface area contributed by atoms with Crippen LogP contribution in [0, 0.1) is 6.92 Å². The van der Waals surface area contributed by atoms with Crippen LogP contribution in [0.5, 0.6) is 5.75 Å². The number of benzene rings is 1. The number of ether oxygens (including phenoxy) is 1. The van der Waals surface area contributed by atoms with Gasteiger partial charge in [-0.05, 0) is 44.0 Å². The van der Waals surface area contributed by atoms with Gasteiger partial charge in [0, 0.05) is 44.0 Å². The molecule has 1 atom stereocenters. The van der Waals surface area contributed by atoms with E-state index in [0.29, 0.717) is 6.54 Å². The number of hydrogen-bond donors (Lipinski definition) is 2. The average molecular weight is 482 g/mol. The second-order valence-electron chi connectivity index (χ2n) is 6.37. The molecule has 2 rings (SSSR count). The summed E-state index contributed by atoms with van der Waals surface area (Å²) in [5.74, 6) is 1.71. The number of hydrogen-bond acceptors (Lipinski definition) is 3. The van der Waals surface area contributed by atoms with Gasteiger partial charge < -0.3 is 15.4 Å². The predicted molar refractivity (Wildman–Crippen MR) is 123 cm³/mol. The van der Waals surface area contributed by atoms with E-state index in [-0.39, 0.29) is 30.1 Å². The van der Waals surface area contributed by atoms with Gasteiger partial charge in [-0.3, -0.25) is 9.98 Å². The van der Waals surface area contributed by atoms with Crippen LogP contribution in [-0.2, 0) is 13.0 Å². The smallest absolute Gasteiger partial charge is 0.191 e. The highest BCUT2D eigenvalue weighted by molar-refractivity contribution is 14.0. The standard InChI is InChI=1S/C21H30N4O.HI/c1-5-17(3)26-20-14-16(2)9-10-18(20)15-25-21(22-4)24-13-11-19-8-6-7-12-23-19;/h6-10,12,14,17H,5,11,13,15H2,1-4H3,(H2,22,24,25);1H. The molecule has 0 radical (unpaired) electrons. The van der Waals surface area contributed by atoms with E-state index in [1.807, 2.05) is 24.4 Å². The largest absolute Gasteiger partial charge is 0.490 e. The van der Waals surface area contributed by atoms with Crippen molar-refractivity contribution in [2.24, 2.45) is 4.99 Å². The fourth-order valence-electron chi connectivity index (χ4n) is 2.47. The Hall–Kier alpha value is -1.83. The minimum atomic E-state index is 0. The maximum Gasteiger partial charge on any atom is 0.191 e. The zero-order valence-electron chi connectivity index (χ0n) is 16.7. The summed E-state index contributed by atoms with van der Waals surface area (Å²) in [6.45, 7) is 7.75. The molecule has 0 aliphatic carbocycles. The molecule has 1 unspecified atom stereocenters. The minimum absolute atomic E-state index is 0. The van der Waals surface area contributed by atoms with Gasteiger partial charge in [0.2, 0.25) is 0 Å². The van der Waals surface area contributed by atoms with Gasteiger partial charge >= 0.3 is 0 Å². The highest BCUT2D eigenvalue weighted by atomic mass is 127. The molecule has 1 aromatic heterocycles. The highest BCUT2D eigenvalue weighted by Gasteiger charge is 2.08. The van der Waals surface area contributed by atoms with Crippen molar-refractivity contribution in [3.63, 3.8) is 0 Å². The summed E-state index contributed by atoms with van der Waals surface area (Å²) < 4.78 is 6.07. The maximum absolute atomic E-state index is 6.07. The number of guanidine groups is 1. The number of aliphatic imine (C=N–C) groups is 1. The quantitative estimate of drug-likeness (QED) is 0.338. The van der Waals surface area contributed by atoms with Crippen molar-refractivity contribution in [2.45, 2.75) is 46.3 Å². The number of rotatable bonds is 8. The lowest BCUT2D eigenvalue weighted by molar-refractivity contribution is 0.215. The molecular weight excluding hydrogens is 451 g/mol. The fraction of sp³-hybridized carbons (Fsp3) is 0.429. The number of nitrogens with zero attached hydrogens (tertiary/aromatic N) is 2. The molecule has 148 valence electrons. The Morgan fingerprint density at radius 2 is 2.04 bits per heavy atom. The fourth-order valence-corrected chi connectivity index (χ4v) is 2.47. The summed E-state index contributed by atoms with van der Waals surface area (Å²) in [7, 11) is 1.78. The molecular formula is C21H31IN4O. The van der Waals surface area contributed by atoms with Gasteiger partial charge in [0.25, 0.3) is 0 Å². The second kappa shape index (κ2) is 12.5. The third kappa shape index (κ3) is 8.15. The van der Waals surface area contributed by atoms with E-state index in [1.54, 1.807) is 7.05 Å². The SMILES string of the molecule is CCC(C)Oc1cc(C)ccc1CNC(=NC)NCCc1ccccn1.I. The van der Waals surface area contributed by atoms with E-state index < -0.39 is 0 Å². The van der Waals surface area contributed by atoms with Crippen molar-refractivity contribution in [3.8, 4) is 5.75 Å². The monoisotopic (exact) mass is 482 g/mol. The third-order valence-corrected chi connectivity index (χ3v) is 4.20. The Balaban J connectivity index is 0.00000364. The molecule has 2 aromatic rings. The molecule has 1 aromatic carbocycles. The highest BCUT2D eigenvalue weighted by Crippen LogP contribution is 2.22. The predicted octanol–water partition coefficient (Wildman–Crippen LogP) is 4.09. The Labute approximate surface area is 180 Å². The molecule has 0 fully saturated rings. The number of pyridine rings is 1. The molecule has 0 bridgehead atoms. The first-order valence-electron chi connectivity index (χ1n) is 9.23. The van der Waals surface area contributed by atoms with Crippen LogP contribution in [0.15, 0.2) is 47.6 Å². The van der Waals surface area contributed by atoms with Crippen LogP contribution < -0.4 is 15.4 Å². The summed E-state index contributed by atoms with van der Waals surface area (Å²) in [5.41, 5.74) is 3.40. The second-order valence-corrected chi connectivity index (χ2v) is 6.37. The zero-order chi connectivity index (χ0) is 18.8. The Morgan fingerprint density at radius 3 is 2.70 bits per heavy atom. The number of nitrogens with one attached hydrogen (secondary N) is 2. The first-order valence-corrected chi connectivity index (χ1v) is 9.23. The third-order valence-electron chi connectivity index (χ3n) is 4.20. The number of aromatic nitrogens is 1. The lowest BCUT2D eigenvalue weighted by atomic mass is 10.1. The van der Waals surface area contributed by atoms with Gasteiger partial charge in [0.05, 0.1) is 6.10 Å². The summed E-state index contributed by atoms with van der Waals surface area (Å²) in [6.07, 6.45) is 3.86. The molecule has 0 spiro atoms. The van der Waals surface area contributed by atoms with Gasteiger partial charge in [-0.2, -0.15) is 0 Å². The van der Waals surface area contributed by atoms with Gasteiger partial charge in [-0.1, -0.05) is 25.1 Å². The normalized spacial score (nSPS) is 12.1. The number of aryl methyl sites for hydroxylation is 1. The van der Waals surface area contributed by atoms with Crippen molar-refractivity contribution in [3.05, 3.63) is 59.4 Å². The van der Waals surface area contributed by atoms with Crippen LogP contribution in [-0.4, -0.2) is 30.6 Å². The molecule has 0 aliphatic rings. The molecule has 1 heterocycles. The molecule has 0 aliphatic heterocycles. The average Bonchev–Trinajstić information content (AvgIpc) is 2.66. The molecule has 2 N–H and O–H groups in total. The Bertz CT molecular complexity index is 707. The van der Waals surface area contributed by atoms with E-state index in [0.717, 1.165) is 42.4 Å². The summed E-state index contributed by atoms with van der Waals surface area (Å²) in [6, 6.07) is 12.3. The van der Waals surface area contributed by atoms with Crippen LogP contribution in [0.2, 0.25) is 0 Å². The first-order chi connectivity index (χ1) is 12.6. The van der Waals surface area contributed by atoms with E-state index in [1.165, 1.54) is 5.56 Å². The van der Waals surface area contributed by atoms with E-state index in [2.05, 4.69) is 59.6 Å². The van der Waals surface area contributed by atoms with Gasteiger partial charge in [0.15, 0.2) is 5.96 Å². The van der Waals surface area contributed by atoms with Crippen molar-refractivity contribution in [1.82, 2.24) is 15.6 Å². The van der Waals surface area contributed by atoms with Gasteiger partial charge in [-0.25, -0.2) is 0 Å². The van der Waals surface area contributed by atoms with Gasteiger partial charge in [0.1, 0.15) is 5.75 Å². The maximum atomic E-state index is 6.07. The molecule has 0 saturated carbocycles. The summed E-state index contributed by atoms with van der Waals surface area (Å²) >= 11 is 0. The van der Waals surface area contributed by atoms with E-state index >= 15 is 0 Å². The van der Waals surface area contributed by atoms with Crippen molar-refractivity contribution < 1.29 is 4.74 Å². The molecule has 27 heavy (non-hydrogen) atoms. The summed E-state index contributed by atoms with van der Waals surface area (Å²) in [4.78, 5) is 8.63. The minimum Gasteiger partial charge on any atom is -0.490 e. The molecule has 0 saturated heterocycles.